The summed E-state index contributed by atoms with van der Waals surface area (Å²) in [5.41, 5.74) is 3.97. The van der Waals surface area contributed by atoms with Crippen LogP contribution in [-0.4, -0.2) is 20.6 Å². The lowest BCUT2D eigenvalue weighted by molar-refractivity contribution is 0.0730. The molecule has 3 aromatic carbocycles. The van der Waals surface area contributed by atoms with Gasteiger partial charge < -0.3 is 4.90 Å². The summed E-state index contributed by atoms with van der Waals surface area (Å²) in [5.74, 6) is -0.0167. The van der Waals surface area contributed by atoms with Gasteiger partial charge in [0.2, 0.25) is 0 Å². The standard InChI is InChI=1S/C25H23N3O/c29-25(24-16-26-28(20-24)19-23-14-8-3-9-15-23)27(17-21-10-4-1-5-11-21)18-22-12-6-2-7-13-22/h1-16,20H,17-19H2. The molecule has 29 heavy (non-hydrogen) atoms. The number of hydrogen-bond acceptors (Lipinski definition) is 2. The van der Waals surface area contributed by atoms with Crippen LogP contribution >= 0.6 is 0 Å². The smallest absolute Gasteiger partial charge is 0.257 e. The topological polar surface area (TPSA) is 38.1 Å². The molecule has 4 heteroatoms. The van der Waals surface area contributed by atoms with Crippen LogP contribution in [-0.2, 0) is 19.6 Å². The van der Waals surface area contributed by atoms with Gasteiger partial charge in [0.05, 0.1) is 18.3 Å². The van der Waals surface area contributed by atoms with Gasteiger partial charge in [0.1, 0.15) is 0 Å². The summed E-state index contributed by atoms with van der Waals surface area (Å²) in [5, 5.41) is 4.40. The van der Waals surface area contributed by atoms with E-state index in [2.05, 4.69) is 17.2 Å². The van der Waals surface area contributed by atoms with E-state index in [1.54, 1.807) is 6.20 Å². The molecule has 1 amide bonds. The molecule has 0 radical (unpaired) electrons. The summed E-state index contributed by atoms with van der Waals surface area (Å²) in [6.07, 6.45) is 3.49. The van der Waals surface area contributed by atoms with Crippen LogP contribution in [0.3, 0.4) is 0 Å². The molecular formula is C25H23N3O. The number of rotatable bonds is 7. The Bertz CT molecular complexity index is 1000. The lowest BCUT2D eigenvalue weighted by Crippen LogP contribution is -2.30. The van der Waals surface area contributed by atoms with Gasteiger partial charge in [0, 0.05) is 19.3 Å². The van der Waals surface area contributed by atoms with Crippen molar-refractivity contribution in [3.05, 3.63) is 126 Å². The first-order chi connectivity index (χ1) is 14.3. The number of carbonyl (C=O) groups is 1. The first kappa shape index (κ1) is 18.7. The fourth-order valence-electron chi connectivity index (χ4n) is 3.32. The van der Waals surface area contributed by atoms with Gasteiger partial charge in [-0.1, -0.05) is 91.0 Å². The Hall–Kier alpha value is -3.66. The number of hydrogen-bond donors (Lipinski definition) is 0. The Morgan fingerprint density at radius 2 is 1.21 bits per heavy atom. The minimum absolute atomic E-state index is 0.0167. The van der Waals surface area contributed by atoms with E-state index >= 15 is 0 Å². The molecular weight excluding hydrogens is 358 g/mol. The summed E-state index contributed by atoms with van der Waals surface area (Å²) in [6.45, 7) is 1.75. The van der Waals surface area contributed by atoms with Crippen LogP contribution < -0.4 is 0 Å². The van der Waals surface area contributed by atoms with Crippen LogP contribution in [0.2, 0.25) is 0 Å². The summed E-state index contributed by atoms with van der Waals surface area (Å²) >= 11 is 0. The molecule has 0 aliphatic rings. The number of carbonyl (C=O) groups excluding carboxylic acids is 1. The molecule has 0 saturated carbocycles. The average Bonchev–Trinajstić information content (AvgIpc) is 3.23. The number of nitrogens with zero attached hydrogens (tertiary/aromatic N) is 3. The van der Waals surface area contributed by atoms with E-state index in [4.69, 9.17) is 0 Å². The summed E-state index contributed by atoms with van der Waals surface area (Å²) < 4.78 is 1.81. The molecule has 0 aliphatic carbocycles. The fourth-order valence-corrected chi connectivity index (χ4v) is 3.32. The van der Waals surface area contributed by atoms with Crippen LogP contribution in [0.15, 0.2) is 103 Å². The van der Waals surface area contributed by atoms with Crippen LogP contribution in [0.1, 0.15) is 27.0 Å². The molecule has 4 aromatic rings. The lowest BCUT2D eigenvalue weighted by Gasteiger charge is -2.22. The third-order valence-electron chi connectivity index (χ3n) is 4.79. The maximum absolute atomic E-state index is 13.3. The first-order valence-corrected chi connectivity index (χ1v) is 9.71. The highest BCUT2D eigenvalue weighted by molar-refractivity contribution is 5.93. The second kappa shape index (κ2) is 9.02. The van der Waals surface area contributed by atoms with Crippen LogP contribution in [0.4, 0.5) is 0 Å². The van der Waals surface area contributed by atoms with Crippen molar-refractivity contribution >= 4 is 5.91 Å². The Morgan fingerprint density at radius 1 is 0.724 bits per heavy atom. The zero-order valence-corrected chi connectivity index (χ0v) is 16.2. The molecule has 1 aromatic heterocycles. The van der Waals surface area contributed by atoms with Gasteiger partial charge in [-0.05, 0) is 16.7 Å². The van der Waals surface area contributed by atoms with E-state index < -0.39 is 0 Å². The summed E-state index contributed by atoms with van der Waals surface area (Å²) in [4.78, 5) is 15.2. The third kappa shape index (κ3) is 4.99. The lowest BCUT2D eigenvalue weighted by atomic mass is 10.1. The second-order valence-electron chi connectivity index (χ2n) is 7.04. The monoisotopic (exact) mass is 381 g/mol. The van der Waals surface area contributed by atoms with E-state index in [0.29, 0.717) is 25.2 Å². The molecule has 0 spiro atoms. The maximum atomic E-state index is 13.3. The van der Waals surface area contributed by atoms with Crippen molar-refractivity contribution in [1.82, 2.24) is 14.7 Å². The molecule has 4 nitrogen and oxygen atoms in total. The van der Waals surface area contributed by atoms with Crippen molar-refractivity contribution < 1.29 is 4.79 Å². The van der Waals surface area contributed by atoms with Crippen molar-refractivity contribution in [3.8, 4) is 0 Å². The second-order valence-corrected chi connectivity index (χ2v) is 7.04. The normalized spacial score (nSPS) is 10.6. The van der Waals surface area contributed by atoms with Crippen LogP contribution in [0, 0.1) is 0 Å². The van der Waals surface area contributed by atoms with Crippen molar-refractivity contribution in [2.75, 3.05) is 0 Å². The molecule has 0 bridgehead atoms. The van der Waals surface area contributed by atoms with Gasteiger partial charge in [0.25, 0.3) is 5.91 Å². The van der Waals surface area contributed by atoms with Crippen molar-refractivity contribution in [3.63, 3.8) is 0 Å². The van der Waals surface area contributed by atoms with Crippen LogP contribution in [0.25, 0.3) is 0 Å². The molecule has 0 saturated heterocycles. The number of aromatic nitrogens is 2. The molecule has 144 valence electrons. The van der Waals surface area contributed by atoms with E-state index in [1.165, 1.54) is 0 Å². The minimum Gasteiger partial charge on any atom is -0.330 e. The van der Waals surface area contributed by atoms with Gasteiger partial charge in [-0.25, -0.2) is 0 Å². The number of benzene rings is 3. The largest absolute Gasteiger partial charge is 0.330 e. The van der Waals surface area contributed by atoms with Gasteiger partial charge in [0.15, 0.2) is 0 Å². The predicted molar refractivity (Wildman–Crippen MR) is 114 cm³/mol. The van der Waals surface area contributed by atoms with Crippen molar-refractivity contribution in [2.24, 2.45) is 0 Å². The highest BCUT2D eigenvalue weighted by Gasteiger charge is 2.18. The molecule has 0 unspecified atom stereocenters. The van der Waals surface area contributed by atoms with Crippen molar-refractivity contribution in [2.45, 2.75) is 19.6 Å². The van der Waals surface area contributed by atoms with Crippen LogP contribution in [0.5, 0.6) is 0 Å². The zero-order valence-electron chi connectivity index (χ0n) is 16.2. The highest BCUT2D eigenvalue weighted by atomic mass is 16.2. The predicted octanol–water partition coefficient (Wildman–Crippen LogP) is 4.77. The third-order valence-corrected chi connectivity index (χ3v) is 4.79. The SMILES string of the molecule is O=C(c1cnn(Cc2ccccc2)c1)N(Cc1ccccc1)Cc1ccccc1. The Balaban J connectivity index is 1.54. The summed E-state index contributed by atoms with van der Waals surface area (Å²) in [7, 11) is 0. The molecule has 0 N–H and O–H groups in total. The molecule has 0 atom stereocenters. The van der Waals surface area contributed by atoms with Gasteiger partial charge in [-0.2, -0.15) is 5.10 Å². The fraction of sp³-hybridized carbons (Fsp3) is 0.120. The molecule has 4 rings (SSSR count). The maximum Gasteiger partial charge on any atom is 0.257 e. The van der Waals surface area contributed by atoms with Gasteiger partial charge in [-0.3, -0.25) is 9.48 Å². The first-order valence-electron chi connectivity index (χ1n) is 9.71. The van der Waals surface area contributed by atoms with E-state index in [9.17, 15) is 4.79 Å². The Morgan fingerprint density at radius 3 is 1.72 bits per heavy atom. The van der Waals surface area contributed by atoms with Gasteiger partial charge >= 0.3 is 0 Å². The Labute approximate surface area is 171 Å². The zero-order chi connectivity index (χ0) is 19.9. The van der Waals surface area contributed by atoms with E-state index in [0.717, 1.165) is 16.7 Å². The van der Waals surface area contributed by atoms with E-state index in [-0.39, 0.29) is 5.91 Å². The van der Waals surface area contributed by atoms with E-state index in [1.807, 2.05) is 94.6 Å². The minimum atomic E-state index is -0.0167. The quantitative estimate of drug-likeness (QED) is 0.462. The van der Waals surface area contributed by atoms with Gasteiger partial charge in [-0.15, -0.1) is 0 Å². The number of amides is 1. The van der Waals surface area contributed by atoms with Crippen molar-refractivity contribution in [1.29, 1.82) is 0 Å². The Kier molecular flexibility index (Phi) is 5.81. The molecule has 0 fully saturated rings. The highest BCUT2D eigenvalue weighted by Crippen LogP contribution is 2.14. The summed E-state index contributed by atoms with van der Waals surface area (Å²) in [6, 6.07) is 30.3. The molecule has 0 aliphatic heterocycles. The average molecular weight is 381 g/mol. The molecule has 1 heterocycles.